The van der Waals surface area contributed by atoms with Crippen LogP contribution >= 0.6 is 0 Å². The van der Waals surface area contributed by atoms with Gasteiger partial charge >= 0.3 is 0 Å². The minimum Gasteiger partial charge on any atom is -0.503 e. The number of aliphatic hydroxyl groups is 1. The number of fused-ring (bicyclic) bond motifs is 1. The molecule has 0 saturated carbocycles. The fourth-order valence-electron chi connectivity index (χ4n) is 3.72. The molecule has 1 atom stereocenters. The number of hydrogen-bond donors (Lipinski definition) is 2. The minimum absolute atomic E-state index is 0.0699. The number of aliphatic hydroxyl groups excluding tert-OH is 1. The molecule has 1 aliphatic heterocycles. The first kappa shape index (κ1) is 17.9. The first-order valence-corrected chi connectivity index (χ1v) is 8.93. The Balaban J connectivity index is 1.64. The van der Waals surface area contributed by atoms with Crippen LogP contribution in [0.1, 0.15) is 24.3 Å². The molecule has 3 aromatic rings. The summed E-state index contributed by atoms with van der Waals surface area (Å²) in [6, 6.07) is 8.42. The van der Waals surface area contributed by atoms with Gasteiger partial charge in [-0.3, -0.25) is 9.59 Å². The number of carbonyl (C=O) groups excluding carboxylic acids is 2. The fourth-order valence-corrected chi connectivity index (χ4v) is 3.72. The van der Waals surface area contributed by atoms with E-state index in [2.05, 4.69) is 4.98 Å². The first-order valence-electron chi connectivity index (χ1n) is 8.93. The third kappa shape index (κ3) is 2.85. The van der Waals surface area contributed by atoms with Crippen LogP contribution in [0.15, 0.2) is 58.5 Å². The molecule has 144 valence electrons. The van der Waals surface area contributed by atoms with E-state index in [9.17, 15) is 14.7 Å². The number of ketones is 1. The molecular formula is C21H20N2O5. The van der Waals surface area contributed by atoms with Gasteiger partial charge in [0.05, 0.1) is 18.9 Å². The minimum atomic E-state index is -0.722. The molecule has 0 aliphatic carbocycles. The molecule has 1 aliphatic rings. The summed E-state index contributed by atoms with van der Waals surface area (Å²) in [5.41, 5.74) is 2.05. The Hall–Kier alpha value is -3.48. The molecule has 2 aromatic heterocycles. The number of furan rings is 1. The summed E-state index contributed by atoms with van der Waals surface area (Å²) in [4.78, 5) is 29.4. The molecule has 4 rings (SSSR count). The second-order valence-corrected chi connectivity index (χ2v) is 6.71. The van der Waals surface area contributed by atoms with Crippen LogP contribution < -0.4 is 4.74 Å². The molecule has 0 radical (unpaired) electrons. The number of amides is 1. The van der Waals surface area contributed by atoms with Gasteiger partial charge in [-0.05, 0) is 49.2 Å². The van der Waals surface area contributed by atoms with E-state index < -0.39 is 17.7 Å². The number of H-pyrrole nitrogens is 1. The number of aromatic amines is 1. The van der Waals surface area contributed by atoms with E-state index in [-0.39, 0.29) is 11.4 Å². The van der Waals surface area contributed by atoms with Crippen LogP contribution in [0.3, 0.4) is 0 Å². The number of ether oxygens (including phenoxy) is 1. The lowest BCUT2D eigenvalue weighted by Gasteiger charge is -2.24. The number of benzene rings is 1. The number of hydrogen-bond acceptors (Lipinski definition) is 5. The van der Waals surface area contributed by atoms with E-state index in [0.29, 0.717) is 18.7 Å². The van der Waals surface area contributed by atoms with Gasteiger partial charge in [0.1, 0.15) is 17.6 Å². The predicted octanol–water partition coefficient (Wildman–Crippen LogP) is 3.30. The maximum atomic E-state index is 12.6. The highest BCUT2D eigenvalue weighted by molar-refractivity contribution is 6.08. The van der Waals surface area contributed by atoms with E-state index in [0.717, 1.165) is 22.2 Å². The molecule has 0 unspecified atom stereocenters. The normalized spacial score (nSPS) is 17.0. The molecule has 1 aromatic carbocycles. The zero-order chi connectivity index (χ0) is 19.8. The maximum Gasteiger partial charge on any atom is 0.290 e. The second-order valence-electron chi connectivity index (χ2n) is 6.71. The number of nitrogens with zero attached hydrogens (tertiary/aromatic N) is 1. The topological polar surface area (TPSA) is 95.8 Å². The van der Waals surface area contributed by atoms with Gasteiger partial charge in [-0.25, -0.2) is 0 Å². The largest absolute Gasteiger partial charge is 0.503 e. The second kappa shape index (κ2) is 6.92. The fraction of sp³-hybridized carbons (Fsp3) is 0.238. The summed E-state index contributed by atoms with van der Waals surface area (Å²) in [5.74, 6) is -0.231. The Morgan fingerprint density at radius 2 is 2.18 bits per heavy atom. The molecule has 3 heterocycles. The van der Waals surface area contributed by atoms with E-state index in [1.165, 1.54) is 18.1 Å². The van der Waals surface area contributed by atoms with Crippen molar-refractivity contribution in [1.82, 2.24) is 9.88 Å². The lowest BCUT2D eigenvalue weighted by Crippen LogP contribution is -2.32. The maximum absolute atomic E-state index is 12.6. The molecule has 2 N–H and O–H groups in total. The van der Waals surface area contributed by atoms with Crippen molar-refractivity contribution in [3.63, 3.8) is 0 Å². The molecule has 0 fully saturated rings. The summed E-state index contributed by atoms with van der Waals surface area (Å²) in [6.07, 6.45) is 3.91. The third-order valence-electron chi connectivity index (χ3n) is 5.09. The Morgan fingerprint density at radius 3 is 2.86 bits per heavy atom. The van der Waals surface area contributed by atoms with Crippen LogP contribution in [0.4, 0.5) is 0 Å². The van der Waals surface area contributed by atoms with Gasteiger partial charge < -0.3 is 24.1 Å². The summed E-state index contributed by atoms with van der Waals surface area (Å²) in [6.45, 7) is 1.65. The highest BCUT2D eigenvalue weighted by atomic mass is 16.5. The van der Waals surface area contributed by atoms with Gasteiger partial charge in [0.2, 0.25) is 0 Å². The quantitative estimate of drug-likeness (QED) is 0.684. The van der Waals surface area contributed by atoms with Crippen LogP contribution in [-0.2, 0) is 16.0 Å². The molecule has 1 amide bonds. The van der Waals surface area contributed by atoms with Gasteiger partial charge in [0.15, 0.2) is 11.5 Å². The highest BCUT2D eigenvalue weighted by Gasteiger charge is 2.43. The van der Waals surface area contributed by atoms with Gasteiger partial charge in [-0.2, -0.15) is 0 Å². The zero-order valence-corrected chi connectivity index (χ0v) is 15.6. The van der Waals surface area contributed by atoms with E-state index >= 15 is 0 Å². The molecule has 28 heavy (non-hydrogen) atoms. The predicted molar refractivity (Wildman–Crippen MR) is 102 cm³/mol. The van der Waals surface area contributed by atoms with Crippen LogP contribution in [0.25, 0.3) is 10.9 Å². The Bertz CT molecular complexity index is 1080. The lowest BCUT2D eigenvalue weighted by molar-refractivity contribution is -0.129. The third-order valence-corrected chi connectivity index (χ3v) is 5.09. The SMILES string of the molecule is COc1ccc2[nH]cc(CCN3C(=O)C(O)=C(C(C)=O)[C@H]3c3ccco3)c2c1. The van der Waals surface area contributed by atoms with Crippen molar-refractivity contribution in [2.24, 2.45) is 0 Å². The van der Waals surface area contributed by atoms with Crippen molar-refractivity contribution < 1.29 is 23.8 Å². The van der Waals surface area contributed by atoms with Crippen molar-refractivity contribution in [1.29, 1.82) is 0 Å². The summed E-state index contributed by atoms with van der Waals surface area (Å²) in [7, 11) is 1.61. The Kier molecular flexibility index (Phi) is 4.43. The number of carbonyl (C=O) groups is 2. The number of methoxy groups -OCH3 is 1. The van der Waals surface area contributed by atoms with E-state index in [1.807, 2.05) is 24.4 Å². The zero-order valence-electron chi connectivity index (χ0n) is 15.6. The van der Waals surface area contributed by atoms with Gasteiger partial charge in [0, 0.05) is 23.6 Å². The van der Waals surface area contributed by atoms with Crippen LogP contribution in [0, 0.1) is 0 Å². The smallest absolute Gasteiger partial charge is 0.290 e. The van der Waals surface area contributed by atoms with Crippen molar-refractivity contribution in [3.8, 4) is 5.75 Å². The molecule has 0 saturated heterocycles. The van der Waals surface area contributed by atoms with Crippen molar-refractivity contribution >= 4 is 22.6 Å². The number of nitrogens with one attached hydrogen (secondary N) is 1. The van der Waals surface area contributed by atoms with Crippen molar-refractivity contribution in [3.05, 3.63) is 65.4 Å². The van der Waals surface area contributed by atoms with Crippen molar-refractivity contribution in [2.45, 2.75) is 19.4 Å². The molecule has 7 heteroatoms. The molecule has 0 bridgehead atoms. The Labute approximate surface area is 161 Å². The average Bonchev–Trinajstić information content (AvgIpc) is 3.40. The van der Waals surface area contributed by atoms with Gasteiger partial charge in [-0.15, -0.1) is 0 Å². The standard InChI is InChI=1S/C21H20N2O5/c1-12(24)18-19(17-4-3-9-28-17)23(21(26)20(18)25)8-7-13-11-22-16-6-5-14(27-2)10-15(13)16/h3-6,9-11,19,22,25H,7-8H2,1-2H3/t19-/m1/s1. The highest BCUT2D eigenvalue weighted by Crippen LogP contribution is 2.38. The lowest BCUT2D eigenvalue weighted by atomic mass is 10.0. The van der Waals surface area contributed by atoms with Gasteiger partial charge in [0.25, 0.3) is 5.91 Å². The number of aromatic nitrogens is 1. The summed E-state index contributed by atoms with van der Waals surface area (Å²) < 4.78 is 10.7. The summed E-state index contributed by atoms with van der Waals surface area (Å²) in [5, 5.41) is 11.3. The Morgan fingerprint density at radius 1 is 1.36 bits per heavy atom. The number of Topliss-reactive ketones (excluding diaryl/α,β-unsaturated/α-hetero) is 1. The van der Waals surface area contributed by atoms with Crippen LogP contribution in [0.2, 0.25) is 0 Å². The first-order chi connectivity index (χ1) is 13.5. The average molecular weight is 380 g/mol. The summed E-state index contributed by atoms with van der Waals surface area (Å²) >= 11 is 0. The van der Waals surface area contributed by atoms with E-state index in [1.54, 1.807) is 19.2 Å². The van der Waals surface area contributed by atoms with Crippen LogP contribution in [0.5, 0.6) is 5.75 Å². The number of rotatable bonds is 6. The van der Waals surface area contributed by atoms with Gasteiger partial charge in [-0.1, -0.05) is 0 Å². The van der Waals surface area contributed by atoms with Crippen LogP contribution in [-0.4, -0.2) is 40.3 Å². The molecule has 0 spiro atoms. The monoisotopic (exact) mass is 380 g/mol. The van der Waals surface area contributed by atoms with E-state index in [4.69, 9.17) is 9.15 Å². The molecular weight excluding hydrogens is 360 g/mol. The molecule has 7 nitrogen and oxygen atoms in total. The van der Waals surface area contributed by atoms with Crippen molar-refractivity contribution in [2.75, 3.05) is 13.7 Å².